The van der Waals surface area contributed by atoms with Gasteiger partial charge in [-0.05, 0) is 23.6 Å². The number of carbonyl (C=O) groups excluding carboxylic acids is 1. The fourth-order valence-electron chi connectivity index (χ4n) is 1.91. The van der Waals surface area contributed by atoms with Crippen LogP contribution in [-0.4, -0.2) is 24.4 Å². The van der Waals surface area contributed by atoms with E-state index in [-0.39, 0.29) is 16.7 Å². The van der Waals surface area contributed by atoms with E-state index in [0.29, 0.717) is 6.54 Å². The van der Waals surface area contributed by atoms with Crippen molar-refractivity contribution in [2.75, 3.05) is 19.3 Å². The average Bonchev–Trinajstić information content (AvgIpc) is 2.24. The van der Waals surface area contributed by atoms with Crippen LogP contribution in [0.4, 0.5) is 18.9 Å². The van der Waals surface area contributed by atoms with Crippen LogP contribution < -0.4 is 5.73 Å². The highest BCUT2D eigenvalue weighted by molar-refractivity contribution is 5.99. The van der Waals surface area contributed by atoms with Gasteiger partial charge in [0.05, 0.1) is 11.1 Å². The van der Waals surface area contributed by atoms with Gasteiger partial charge in [0.2, 0.25) is 0 Å². The van der Waals surface area contributed by atoms with E-state index in [2.05, 4.69) is 0 Å². The van der Waals surface area contributed by atoms with Crippen LogP contribution in [0.5, 0.6) is 0 Å². The molecule has 0 atom stereocenters. The van der Waals surface area contributed by atoms with Crippen LogP contribution in [-0.2, 0) is 6.18 Å². The third kappa shape index (κ3) is 4.15. The van der Waals surface area contributed by atoms with Gasteiger partial charge in [-0.1, -0.05) is 20.8 Å². The Morgan fingerprint density at radius 1 is 1.25 bits per heavy atom. The molecule has 0 aromatic heterocycles. The number of hydrogen-bond donors (Lipinski definition) is 1. The van der Waals surface area contributed by atoms with Gasteiger partial charge in [0.25, 0.3) is 5.91 Å². The zero-order valence-corrected chi connectivity index (χ0v) is 12.0. The van der Waals surface area contributed by atoms with Crippen LogP contribution in [0.3, 0.4) is 0 Å². The molecule has 112 valence electrons. The van der Waals surface area contributed by atoms with E-state index in [1.54, 1.807) is 7.05 Å². The zero-order valence-electron chi connectivity index (χ0n) is 12.0. The Morgan fingerprint density at radius 2 is 1.80 bits per heavy atom. The summed E-state index contributed by atoms with van der Waals surface area (Å²) < 4.78 is 38.0. The van der Waals surface area contributed by atoms with Crippen molar-refractivity contribution in [2.24, 2.45) is 5.41 Å². The Bertz CT molecular complexity index is 504. The number of carbonyl (C=O) groups is 1. The number of nitrogen functional groups attached to an aromatic ring is 1. The number of anilines is 1. The number of alkyl halides is 3. The molecular weight excluding hydrogens is 269 g/mol. The number of nitrogens with two attached hydrogens (primary N) is 1. The van der Waals surface area contributed by atoms with E-state index in [9.17, 15) is 18.0 Å². The van der Waals surface area contributed by atoms with Gasteiger partial charge in [-0.25, -0.2) is 0 Å². The summed E-state index contributed by atoms with van der Waals surface area (Å²) in [4.78, 5) is 13.6. The second kappa shape index (κ2) is 5.34. The standard InChI is InChI=1S/C14H19F3N2O/c1-13(2,3)8-19(4)12(20)10-7-9(14(15,16)17)5-6-11(10)18/h5-7H,8,18H2,1-4H3. The van der Waals surface area contributed by atoms with Crippen molar-refractivity contribution < 1.29 is 18.0 Å². The lowest BCUT2D eigenvalue weighted by molar-refractivity contribution is -0.137. The quantitative estimate of drug-likeness (QED) is 0.848. The number of halogens is 3. The molecule has 1 aromatic carbocycles. The first-order valence-corrected chi connectivity index (χ1v) is 6.14. The Kier molecular flexibility index (Phi) is 4.36. The summed E-state index contributed by atoms with van der Waals surface area (Å²) in [7, 11) is 1.55. The van der Waals surface area contributed by atoms with Gasteiger partial charge in [0.1, 0.15) is 0 Å². The molecule has 0 saturated heterocycles. The topological polar surface area (TPSA) is 46.3 Å². The molecule has 0 aliphatic rings. The van der Waals surface area contributed by atoms with Crippen molar-refractivity contribution >= 4 is 11.6 Å². The predicted octanol–water partition coefficient (Wildman–Crippen LogP) is 3.41. The van der Waals surface area contributed by atoms with Gasteiger partial charge < -0.3 is 10.6 Å². The minimum Gasteiger partial charge on any atom is -0.398 e. The van der Waals surface area contributed by atoms with Gasteiger partial charge in [0, 0.05) is 19.3 Å². The molecule has 1 aromatic rings. The van der Waals surface area contributed by atoms with Crippen LogP contribution in [0.25, 0.3) is 0 Å². The van der Waals surface area contributed by atoms with E-state index < -0.39 is 17.6 Å². The normalized spacial score (nSPS) is 12.3. The van der Waals surface area contributed by atoms with Gasteiger partial charge in [-0.3, -0.25) is 4.79 Å². The van der Waals surface area contributed by atoms with Crippen molar-refractivity contribution in [3.63, 3.8) is 0 Å². The van der Waals surface area contributed by atoms with E-state index >= 15 is 0 Å². The molecule has 0 aliphatic heterocycles. The van der Waals surface area contributed by atoms with Gasteiger partial charge in [-0.15, -0.1) is 0 Å². The van der Waals surface area contributed by atoms with Crippen molar-refractivity contribution in [1.82, 2.24) is 4.90 Å². The first-order valence-electron chi connectivity index (χ1n) is 6.14. The Labute approximate surface area is 116 Å². The summed E-state index contributed by atoms with van der Waals surface area (Å²) in [5, 5.41) is 0. The first-order chi connectivity index (χ1) is 8.92. The molecule has 0 bridgehead atoms. The largest absolute Gasteiger partial charge is 0.416 e. The van der Waals surface area contributed by atoms with Crippen LogP contribution in [0, 0.1) is 5.41 Å². The highest BCUT2D eigenvalue weighted by atomic mass is 19.4. The second-order valence-corrected chi connectivity index (χ2v) is 6.02. The van der Waals surface area contributed by atoms with Gasteiger partial charge in [-0.2, -0.15) is 13.2 Å². The molecule has 1 rings (SSSR count). The highest BCUT2D eigenvalue weighted by Crippen LogP contribution is 2.31. The lowest BCUT2D eigenvalue weighted by Gasteiger charge is -2.27. The summed E-state index contributed by atoms with van der Waals surface area (Å²) in [5.41, 5.74) is 4.52. The van der Waals surface area contributed by atoms with E-state index in [0.717, 1.165) is 18.2 Å². The Balaban J connectivity index is 3.10. The first kappa shape index (κ1) is 16.3. The molecule has 2 N–H and O–H groups in total. The third-order valence-corrected chi connectivity index (χ3v) is 2.67. The van der Waals surface area contributed by atoms with Crippen molar-refractivity contribution in [1.29, 1.82) is 0 Å². The molecule has 0 spiro atoms. The average molecular weight is 288 g/mol. The maximum absolute atomic E-state index is 12.7. The van der Waals surface area contributed by atoms with Gasteiger partial charge in [0.15, 0.2) is 0 Å². The second-order valence-electron chi connectivity index (χ2n) is 6.02. The predicted molar refractivity (Wildman–Crippen MR) is 72.3 cm³/mol. The molecule has 0 heterocycles. The van der Waals surface area contributed by atoms with Crippen molar-refractivity contribution in [3.05, 3.63) is 29.3 Å². The molecule has 0 radical (unpaired) electrons. The Morgan fingerprint density at radius 3 is 2.25 bits per heavy atom. The minimum atomic E-state index is -4.49. The van der Waals surface area contributed by atoms with Crippen LogP contribution >= 0.6 is 0 Å². The van der Waals surface area contributed by atoms with Crippen molar-refractivity contribution in [2.45, 2.75) is 26.9 Å². The molecule has 0 fully saturated rings. The fourth-order valence-corrected chi connectivity index (χ4v) is 1.91. The monoisotopic (exact) mass is 288 g/mol. The maximum Gasteiger partial charge on any atom is 0.416 e. The van der Waals surface area contributed by atoms with Crippen LogP contribution in [0.1, 0.15) is 36.7 Å². The molecule has 0 saturated carbocycles. The van der Waals surface area contributed by atoms with Gasteiger partial charge >= 0.3 is 6.18 Å². The fraction of sp³-hybridized carbons (Fsp3) is 0.500. The number of rotatable bonds is 2. The lowest BCUT2D eigenvalue weighted by Crippen LogP contribution is -2.35. The number of benzene rings is 1. The molecule has 0 aliphatic carbocycles. The van der Waals surface area contributed by atoms with E-state index in [4.69, 9.17) is 5.73 Å². The van der Waals surface area contributed by atoms with E-state index in [1.165, 1.54) is 4.90 Å². The number of amides is 1. The molecular formula is C14H19F3N2O. The molecule has 0 unspecified atom stereocenters. The summed E-state index contributed by atoms with van der Waals surface area (Å²) in [5.74, 6) is -0.511. The molecule has 20 heavy (non-hydrogen) atoms. The summed E-state index contributed by atoms with van der Waals surface area (Å²) in [6.45, 7) is 6.23. The smallest absolute Gasteiger partial charge is 0.398 e. The Hall–Kier alpha value is -1.72. The van der Waals surface area contributed by atoms with Crippen LogP contribution in [0.15, 0.2) is 18.2 Å². The lowest BCUT2D eigenvalue weighted by atomic mass is 9.96. The highest BCUT2D eigenvalue weighted by Gasteiger charge is 2.32. The maximum atomic E-state index is 12.7. The minimum absolute atomic E-state index is 0.0451. The number of nitrogens with zero attached hydrogens (tertiary/aromatic N) is 1. The SMILES string of the molecule is CN(CC(C)(C)C)C(=O)c1cc(C(F)(F)F)ccc1N. The molecule has 1 amide bonds. The number of hydrogen-bond acceptors (Lipinski definition) is 2. The van der Waals surface area contributed by atoms with Crippen molar-refractivity contribution in [3.8, 4) is 0 Å². The van der Waals surface area contributed by atoms with E-state index in [1.807, 2.05) is 20.8 Å². The summed E-state index contributed by atoms with van der Waals surface area (Å²) >= 11 is 0. The zero-order chi connectivity index (χ0) is 15.7. The summed E-state index contributed by atoms with van der Waals surface area (Å²) in [6, 6.07) is 2.79. The summed E-state index contributed by atoms with van der Waals surface area (Å²) in [6.07, 6.45) is -4.49. The van der Waals surface area contributed by atoms with Crippen LogP contribution in [0.2, 0.25) is 0 Å². The third-order valence-electron chi connectivity index (χ3n) is 2.67. The molecule has 3 nitrogen and oxygen atoms in total. The molecule has 6 heteroatoms.